The van der Waals surface area contributed by atoms with Crippen LogP contribution in [0, 0.1) is 0 Å². The summed E-state index contributed by atoms with van der Waals surface area (Å²) in [6.07, 6.45) is -0.502. The van der Waals surface area contributed by atoms with Gasteiger partial charge in [-0.25, -0.2) is 0 Å². The third-order valence-electron chi connectivity index (χ3n) is 2.04. The van der Waals surface area contributed by atoms with Crippen molar-refractivity contribution >= 4 is 15.9 Å². The van der Waals surface area contributed by atoms with Crippen LogP contribution < -0.4 is 0 Å². The summed E-state index contributed by atoms with van der Waals surface area (Å²) < 4.78 is 0. The lowest BCUT2D eigenvalue weighted by molar-refractivity contribution is 0.167. The second kappa shape index (κ2) is 5.18. The number of benzene rings is 1. The first-order chi connectivity index (χ1) is 7.79. The minimum atomic E-state index is -0.502. The van der Waals surface area contributed by atoms with Gasteiger partial charge in [0, 0.05) is 10.9 Å². The number of alkyl halides is 1. The summed E-state index contributed by atoms with van der Waals surface area (Å²) in [5, 5.41) is 21.9. The van der Waals surface area contributed by atoms with Gasteiger partial charge in [-0.05, 0) is 5.21 Å². The van der Waals surface area contributed by atoms with E-state index in [4.69, 9.17) is 0 Å². The third-order valence-corrected chi connectivity index (χ3v) is 2.78. The average molecular weight is 283 g/mol. The Morgan fingerprint density at radius 3 is 2.75 bits per heavy atom. The van der Waals surface area contributed by atoms with Crippen molar-refractivity contribution in [3.63, 3.8) is 0 Å². The van der Waals surface area contributed by atoms with Crippen molar-refractivity contribution in [2.75, 3.05) is 5.33 Å². The van der Waals surface area contributed by atoms with Gasteiger partial charge in [0.25, 0.3) is 0 Å². The highest BCUT2D eigenvalue weighted by Gasteiger charge is 2.08. The van der Waals surface area contributed by atoms with Crippen LogP contribution >= 0.6 is 15.9 Å². The zero-order valence-electron chi connectivity index (χ0n) is 8.49. The zero-order chi connectivity index (χ0) is 11.4. The third kappa shape index (κ3) is 2.65. The van der Waals surface area contributed by atoms with Crippen LogP contribution in [0.4, 0.5) is 0 Å². The first-order valence-corrected chi connectivity index (χ1v) is 5.99. The highest BCUT2D eigenvalue weighted by molar-refractivity contribution is 9.09. The molecule has 0 fully saturated rings. The van der Waals surface area contributed by atoms with Gasteiger partial charge in [0.2, 0.25) is 5.82 Å². The minimum absolute atomic E-state index is 0.338. The van der Waals surface area contributed by atoms with Gasteiger partial charge in [0.1, 0.15) is 0 Å². The van der Waals surface area contributed by atoms with Crippen LogP contribution in [0.1, 0.15) is 0 Å². The number of hydrogen-bond acceptors (Lipinski definition) is 4. The van der Waals surface area contributed by atoms with Crippen LogP contribution in [-0.4, -0.2) is 36.7 Å². The molecular weight excluding hydrogens is 272 g/mol. The molecule has 1 aromatic carbocycles. The number of halogens is 1. The molecule has 0 spiro atoms. The molecule has 84 valence electrons. The maximum Gasteiger partial charge on any atom is 0.204 e. The quantitative estimate of drug-likeness (QED) is 0.853. The van der Waals surface area contributed by atoms with Crippen molar-refractivity contribution in [1.29, 1.82) is 0 Å². The molecule has 1 aromatic heterocycles. The van der Waals surface area contributed by atoms with E-state index < -0.39 is 6.10 Å². The van der Waals surface area contributed by atoms with Crippen LogP contribution in [0.5, 0.6) is 0 Å². The van der Waals surface area contributed by atoms with E-state index in [-0.39, 0.29) is 0 Å². The smallest absolute Gasteiger partial charge is 0.204 e. The fourth-order valence-electron chi connectivity index (χ4n) is 1.26. The van der Waals surface area contributed by atoms with E-state index in [2.05, 4.69) is 31.3 Å². The van der Waals surface area contributed by atoms with Gasteiger partial charge >= 0.3 is 0 Å². The summed E-state index contributed by atoms with van der Waals surface area (Å²) >= 11 is 3.18. The molecule has 0 amide bonds. The lowest BCUT2D eigenvalue weighted by atomic mass is 10.2. The zero-order valence-corrected chi connectivity index (χ0v) is 10.1. The van der Waals surface area contributed by atoms with E-state index in [0.717, 1.165) is 5.56 Å². The first kappa shape index (κ1) is 11.2. The lowest BCUT2D eigenvalue weighted by Gasteiger charge is -2.03. The van der Waals surface area contributed by atoms with Gasteiger partial charge in [-0.2, -0.15) is 4.80 Å². The van der Waals surface area contributed by atoms with Crippen LogP contribution in [-0.2, 0) is 6.54 Å². The van der Waals surface area contributed by atoms with E-state index in [1.165, 1.54) is 4.80 Å². The molecule has 0 radical (unpaired) electrons. The van der Waals surface area contributed by atoms with Crippen molar-refractivity contribution in [2.45, 2.75) is 12.6 Å². The topological polar surface area (TPSA) is 63.8 Å². The first-order valence-electron chi connectivity index (χ1n) is 4.87. The normalized spacial score (nSPS) is 12.6. The molecule has 0 aliphatic carbocycles. The van der Waals surface area contributed by atoms with E-state index in [1.807, 2.05) is 30.3 Å². The second-order valence-electron chi connectivity index (χ2n) is 3.34. The van der Waals surface area contributed by atoms with Gasteiger partial charge in [-0.3, -0.25) is 0 Å². The van der Waals surface area contributed by atoms with Gasteiger partial charge in [-0.15, -0.1) is 10.2 Å². The fraction of sp³-hybridized carbons (Fsp3) is 0.300. The molecule has 0 saturated carbocycles. The van der Waals surface area contributed by atoms with Crippen molar-refractivity contribution in [1.82, 2.24) is 20.2 Å². The molecule has 1 heterocycles. The van der Waals surface area contributed by atoms with E-state index in [0.29, 0.717) is 17.7 Å². The summed E-state index contributed by atoms with van der Waals surface area (Å²) in [7, 11) is 0. The number of hydrogen-bond donors (Lipinski definition) is 1. The second-order valence-corrected chi connectivity index (χ2v) is 3.99. The summed E-state index contributed by atoms with van der Waals surface area (Å²) in [4.78, 5) is 1.40. The van der Waals surface area contributed by atoms with E-state index >= 15 is 0 Å². The maximum atomic E-state index is 9.42. The molecule has 1 N–H and O–H groups in total. The van der Waals surface area contributed by atoms with Crippen LogP contribution in [0.25, 0.3) is 11.4 Å². The number of tetrazole rings is 1. The summed E-state index contributed by atoms with van der Waals surface area (Å²) in [6.45, 7) is 0.338. The Balaban J connectivity index is 2.14. The van der Waals surface area contributed by atoms with Gasteiger partial charge in [-0.1, -0.05) is 46.3 Å². The van der Waals surface area contributed by atoms with Crippen molar-refractivity contribution in [2.24, 2.45) is 0 Å². The fourth-order valence-corrected chi connectivity index (χ4v) is 1.47. The minimum Gasteiger partial charge on any atom is -0.390 e. The standard InChI is InChI=1S/C10H11BrN4O/c11-6-9(16)7-15-13-10(12-14-15)8-4-2-1-3-5-8/h1-5,9,16H,6-7H2. The molecule has 0 aliphatic rings. The number of rotatable bonds is 4. The SMILES string of the molecule is OC(CBr)Cn1nnc(-c2ccccc2)n1. The number of aliphatic hydroxyl groups excluding tert-OH is 1. The van der Waals surface area contributed by atoms with Crippen LogP contribution in [0.15, 0.2) is 30.3 Å². The predicted octanol–water partition coefficient (Wildman–Crippen LogP) is 1.10. The highest BCUT2D eigenvalue weighted by atomic mass is 79.9. The van der Waals surface area contributed by atoms with Crippen molar-refractivity contribution in [3.8, 4) is 11.4 Å². The van der Waals surface area contributed by atoms with Crippen LogP contribution in [0.2, 0.25) is 0 Å². The molecule has 5 nitrogen and oxygen atoms in total. The predicted molar refractivity (Wildman–Crippen MR) is 63.1 cm³/mol. The van der Waals surface area contributed by atoms with Gasteiger partial charge < -0.3 is 5.11 Å². The Morgan fingerprint density at radius 1 is 1.31 bits per heavy atom. The molecule has 6 heteroatoms. The molecule has 1 unspecified atom stereocenters. The molecule has 0 aliphatic heterocycles. The van der Waals surface area contributed by atoms with Gasteiger partial charge in [0.15, 0.2) is 0 Å². The molecule has 2 aromatic rings. The summed E-state index contributed by atoms with van der Waals surface area (Å²) in [6, 6.07) is 9.61. The largest absolute Gasteiger partial charge is 0.390 e. The van der Waals surface area contributed by atoms with Gasteiger partial charge in [0.05, 0.1) is 12.6 Å². The van der Waals surface area contributed by atoms with E-state index in [9.17, 15) is 5.11 Å². The summed E-state index contributed by atoms with van der Waals surface area (Å²) in [5.41, 5.74) is 0.919. The molecule has 0 bridgehead atoms. The maximum absolute atomic E-state index is 9.42. The Kier molecular flexibility index (Phi) is 3.63. The molecular formula is C10H11BrN4O. The Bertz CT molecular complexity index is 445. The average Bonchev–Trinajstić information content (AvgIpc) is 2.78. The summed E-state index contributed by atoms with van der Waals surface area (Å²) in [5.74, 6) is 0.572. The van der Waals surface area contributed by atoms with Crippen molar-refractivity contribution < 1.29 is 5.11 Å². The number of nitrogens with zero attached hydrogens (tertiary/aromatic N) is 4. The monoisotopic (exact) mass is 282 g/mol. The number of aromatic nitrogens is 4. The van der Waals surface area contributed by atoms with Crippen molar-refractivity contribution in [3.05, 3.63) is 30.3 Å². The Labute approximate surface area is 101 Å². The molecule has 16 heavy (non-hydrogen) atoms. The highest BCUT2D eigenvalue weighted by Crippen LogP contribution is 2.11. The Hall–Kier alpha value is -1.27. The van der Waals surface area contributed by atoms with E-state index in [1.54, 1.807) is 0 Å². The number of aliphatic hydroxyl groups is 1. The molecule has 0 saturated heterocycles. The molecule has 2 rings (SSSR count). The van der Waals surface area contributed by atoms with Crippen LogP contribution in [0.3, 0.4) is 0 Å². The Morgan fingerprint density at radius 2 is 2.06 bits per heavy atom. The lowest BCUT2D eigenvalue weighted by Crippen LogP contribution is -2.19. The molecule has 1 atom stereocenters.